The topological polar surface area (TPSA) is 66.0 Å². The summed E-state index contributed by atoms with van der Waals surface area (Å²) in [6.45, 7) is 3.53. The Morgan fingerprint density at radius 1 is 0.676 bits per heavy atom. The van der Waals surface area contributed by atoms with Crippen LogP contribution in [0, 0.1) is 0 Å². The van der Waals surface area contributed by atoms with Crippen molar-refractivity contribution in [3.05, 3.63) is 90.3 Å². The third-order valence-electron chi connectivity index (χ3n) is 6.88. The zero-order chi connectivity index (χ0) is 23.4. The van der Waals surface area contributed by atoms with Crippen molar-refractivity contribution in [2.24, 2.45) is 0 Å². The minimum Gasteiger partial charge on any atom is -0.310 e. The van der Waals surface area contributed by atoms with E-state index in [9.17, 15) is 0 Å². The summed E-state index contributed by atoms with van der Waals surface area (Å²) >= 11 is 0. The molecule has 0 saturated carbocycles. The molecule has 6 nitrogen and oxygen atoms in total. The van der Waals surface area contributed by atoms with Crippen LogP contribution in [0.25, 0.3) is 0 Å². The Hall–Kier alpha value is -2.67. The molecule has 0 aliphatic carbocycles. The van der Waals surface area contributed by atoms with Crippen LogP contribution in [0.15, 0.2) is 73.6 Å². The molecule has 3 saturated heterocycles. The molecule has 34 heavy (non-hydrogen) atoms. The largest absolute Gasteiger partial charge is 0.310 e. The summed E-state index contributed by atoms with van der Waals surface area (Å²) in [4.78, 5) is 14.7. The molecule has 3 aliphatic rings. The third-order valence-corrected chi connectivity index (χ3v) is 6.88. The molecule has 3 aromatic rings. The van der Waals surface area contributed by atoms with Crippen LogP contribution in [-0.4, -0.2) is 46.5 Å². The lowest BCUT2D eigenvalue weighted by atomic mass is 10.1. The standard InChI is InChI=1S/C10H14N2.2C9H12N2/c1-12-7-3-5-10(12)9-4-2-6-11-8-9;2*1-3-8(7-10-5-1)9-4-2-6-11-9/h2,4,6,8,10H,3,5,7H2,1H3;2*1,3,5,7,9,11H,2,4,6H2/t10-;9-;/m00./s1. The van der Waals surface area contributed by atoms with Gasteiger partial charge in [0.1, 0.15) is 0 Å². The summed E-state index contributed by atoms with van der Waals surface area (Å²) in [5.41, 5.74) is 4.01. The van der Waals surface area contributed by atoms with Gasteiger partial charge in [0, 0.05) is 55.3 Å². The monoisotopic (exact) mass is 458 g/mol. The highest BCUT2D eigenvalue weighted by atomic mass is 15.1. The van der Waals surface area contributed by atoms with E-state index in [4.69, 9.17) is 0 Å². The zero-order valence-electron chi connectivity index (χ0n) is 20.3. The summed E-state index contributed by atoms with van der Waals surface area (Å²) in [6.07, 6.45) is 19.0. The van der Waals surface area contributed by atoms with Gasteiger partial charge in [0.2, 0.25) is 0 Å². The molecular formula is C28H38N6. The lowest BCUT2D eigenvalue weighted by Crippen LogP contribution is -2.17. The van der Waals surface area contributed by atoms with Crippen LogP contribution in [0.3, 0.4) is 0 Å². The molecule has 1 unspecified atom stereocenters. The van der Waals surface area contributed by atoms with Gasteiger partial charge in [-0.1, -0.05) is 18.2 Å². The molecule has 3 fully saturated rings. The van der Waals surface area contributed by atoms with Crippen molar-refractivity contribution in [1.29, 1.82) is 0 Å². The average molecular weight is 459 g/mol. The molecule has 0 spiro atoms. The maximum atomic E-state index is 4.14. The van der Waals surface area contributed by atoms with Gasteiger partial charge in [0.15, 0.2) is 0 Å². The molecule has 6 heteroatoms. The van der Waals surface area contributed by atoms with Gasteiger partial charge >= 0.3 is 0 Å². The molecule has 0 radical (unpaired) electrons. The van der Waals surface area contributed by atoms with Crippen molar-refractivity contribution in [2.45, 2.75) is 56.7 Å². The first-order chi connectivity index (χ1) is 16.8. The highest BCUT2D eigenvalue weighted by Crippen LogP contribution is 2.29. The van der Waals surface area contributed by atoms with Crippen LogP contribution in [0.2, 0.25) is 0 Å². The van der Waals surface area contributed by atoms with Crippen LogP contribution in [-0.2, 0) is 0 Å². The lowest BCUT2D eigenvalue weighted by molar-refractivity contribution is 0.317. The first kappa shape index (κ1) is 24.5. The fourth-order valence-corrected chi connectivity index (χ4v) is 5.01. The van der Waals surface area contributed by atoms with Crippen molar-refractivity contribution in [1.82, 2.24) is 30.5 Å². The number of hydrogen-bond acceptors (Lipinski definition) is 6. The van der Waals surface area contributed by atoms with E-state index < -0.39 is 0 Å². The number of aromatic nitrogens is 3. The van der Waals surface area contributed by atoms with Crippen LogP contribution in [0.1, 0.15) is 73.3 Å². The van der Waals surface area contributed by atoms with Gasteiger partial charge < -0.3 is 10.6 Å². The van der Waals surface area contributed by atoms with Crippen LogP contribution in [0.5, 0.6) is 0 Å². The smallest absolute Gasteiger partial charge is 0.0360 e. The predicted octanol–water partition coefficient (Wildman–Crippen LogP) is 4.86. The third kappa shape index (κ3) is 7.16. The minimum atomic E-state index is 0.559. The molecule has 3 aromatic heterocycles. The SMILES string of the molecule is CN1CCC[C@H]1c1cccnc1.c1cncc(C2CCCN2)c1.c1cncc([C@@H]2CCCN2)c1. The fourth-order valence-electron chi connectivity index (χ4n) is 5.01. The minimum absolute atomic E-state index is 0.559. The first-order valence-electron chi connectivity index (χ1n) is 12.7. The molecule has 6 rings (SSSR count). The number of rotatable bonds is 3. The van der Waals surface area contributed by atoms with E-state index in [-0.39, 0.29) is 0 Å². The van der Waals surface area contributed by atoms with E-state index >= 15 is 0 Å². The van der Waals surface area contributed by atoms with Gasteiger partial charge in [-0.2, -0.15) is 0 Å². The quantitative estimate of drug-likeness (QED) is 0.584. The van der Waals surface area contributed by atoms with Gasteiger partial charge in [0.05, 0.1) is 0 Å². The van der Waals surface area contributed by atoms with E-state index in [0.29, 0.717) is 18.1 Å². The van der Waals surface area contributed by atoms with Gasteiger partial charge in [-0.15, -0.1) is 0 Å². The summed E-state index contributed by atoms with van der Waals surface area (Å²) in [5.74, 6) is 0. The summed E-state index contributed by atoms with van der Waals surface area (Å²) < 4.78 is 0. The second kappa shape index (κ2) is 13.3. The maximum absolute atomic E-state index is 4.14. The second-order valence-electron chi connectivity index (χ2n) is 9.30. The molecule has 6 heterocycles. The van der Waals surface area contributed by atoms with Crippen molar-refractivity contribution >= 4 is 0 Å². The molecule has 0 aromatic carbocycles. The second-order valence-corrected chi connectivity index (χ2v) is 9.30. The Balaban J connectivity index is 0.000000121. The summed E-state index contributed by atoms with van der Waals surface area (Å²) in [5, 5.41) is 6.87. The molecule has 180 valence electrons. The molecule has 3 aliphatic heterocycles. The number of pyridine rings is 3. The summed E-state index contributed by atoms with van der Waals surface area (Å²) in [6, 6.07) is 14.2. The highest BCUT2D eigenvalue weighted by molar-refractivity contribution is 5.16. The molecule has 0 amide bonds. The average Bonchev–Trinajstić information content (AvgIpc) is 3.70. The molecule has 3 atom stereocenters. The van der Waals surface area contributed by atoms with Crippen molar-refractivity contribution < 1.29 is 0 Å². The number of nitrogens with zero attached hydrogens (tertiary/aromatic N) is 4. The predicted molar refractivity (Wildman–Crippen MR) is 137 cm³/mol. The number of hydrogen-bond donors (Lipinski definition) is 2. The van der Waals surface area contributed by atoms with Crippen molar-refractivity contribution in [3.63, 3.8) is 0 Å². The van der Waals surface area contributed by atoms with Gasteiger partial charge in [-0.05, 0) is 100 Å². The number of nitrogens with one attached hydrogen (secondary N) is 2. The van der Waals surface area contributed by atoms with E-state index in [1.807, 2.05) is 55.4 Å². The first-order valence-corrected chi connectivity index (χ1v) is 12.7. The molecular weight excluding hydrogens is 420 g/mol. The van der Waals surface area contributed by atoms with Crippen LogP contribution in [0.4, 0.5) is 0 Å². The van der Waals surface area contributed by atoms with Crippen LogP contribution >= 0.6 is 0 Å². The summed E-state index contributed by atoms with van der Waals surface area (Å²) in [7, 11) is 2.19. The Labute approximate surface area is 204 Å². The molecule has 2 N–H and O–H groups in total. The van der Waals surface area contributed by atoms with Crippen molar-refractivity contribution in [3.8, 4) is 0 Å². The zero-order valence-corrected chi connectivity index (χ0v) is 20.3. The Morgan fingerprint density at radius 2 is 1.18 bits per heavy atom. The Bertz CT molecular complexity index is 873. The van der Waals surface area contributed by atoms with E-state index in [2.05, 4.69) is 55.7 Å². The normalized spacial score (nSPS) is 24.1. The Kier molecular flexibility index (Phi) is 9.55. The van der Waals surface area contributed by atoms with E-state index in [1.54, 1.807) is 0 Å². The van der Waals surface area contributed by atoms with Gasteiger partial charge in [-0.25, -0.2) is 0 Å². The van der Waals surface area contributed by atoms with Gasteiger partial charge in [0.25, 0.3) is 0 Å². The highest BCUT2D eigenvalue weighted by Gasteiger charge is 2.22. The Morgan fingerprint density at radius 3 is 1.53 bits per heavy atom. The van der Waals surface area contributed by atoms with Gasteiger partial charge in [-0.3, -0.25) is 19.9 Å². The van der Waals surface area contributed by atoms with E-state index in [1.165, 1.54) is 61.8 Å². The maximum Gasteiger partial charge on any atom is 0.0360 e. The number of likely N-dealkylation sites (tertiary alicyclic amines) is 1. The fraction of sp³-hybridized carbons (Fsp3) is 0.464. The van der Waals surface area contributed by atoms with Crippen molar-refractivity contribution in [2.75, 3.05) is 26.7 Å². The van der Waals surface area contributed by atoms with Crippen LogP contribution < -0.4 is 10.6 Å². The molecule has 0 bridgehead atoms. The van der Waals surface area contributed by atoms with E-state index in [0.717, 1.165) is 13.1 Å². The lowest BCUT2D eigenvalue weighted by Gasteiger charge is -2.18.